The summed E-state index contributed by atoms with van der Waals surface area (Å²) in [6.45, 7) is 8.20. The molecule has 124 valence electrons. The number of rotatable bonds is 8. The van der Waals surface area contributed by atoms with E-state index in [-0.39, 0.29) is 5.97 Å². The molecule has 0 aromatic rings. The highest BCUT2D eigenvalue weighted by atomic mass is 16.5. The minimum absolute atomic E-state index is 0.151. The molecule has 4 heteroatoms. The quantitative estimate of drug-likeness (QED) is 0.700. The molecule has 1 aliphatic carbocycles. The lowest BCUT2D eigenvalue weighted by atomic mass is 9.86. The summed E-state index contributed by atoms with van der Waals surface area (Å²) in [5.74, 6) is 0.725. The van der Waals surface area contributed by atoms with Gasteiger partial charge < -0.3 is 15.0 Å². The van der Waals surface area contributed by atoms with Crippen LogP contribution < -0.4 is 5.32 Å². The van der Waals surface area contributed by atoms with E-state index >= 15 is 0 Å². The van der Waals surface area contributed by atoms with Crippen LogP contribution in [0.2, 0.25) is 0 Å². The Balaban J connectivity index is 2.49. The first-order chi connectivity index (χ1) is 9.92. The smallest absolute Gasteiger partial charge is 0.325 e. The molecule has 0 aliphatic heterocycles. The predicted molar refractivity (Wildman–Crippen MR) is 87.4 cm³/mol. The van der Waals surface area contributed by atoms with Crippen LogP contribution in [0.5, 0.6) is 0 Å². The van der Waals surface area contributed by atoms with Crippen LogP contribution in [0.1, 0.15) is 59.3 Å². The summed E-state index contributed by atoms with van der Waals surface area (Å²) in [5.41, 5.74) is -0.568. The van der Waals surface area contributed by atoms with Gasteiger partial charge in [-0.15, -0.1) is 0 Å². The lowest BCUT2D eigenvalue weighted by Gasteiger charge is -2.36. The monoisotopic (exact) mass is 298 g/mol. The van der Waals surface area contributed by atoms with Crippen molar-refractivity contribution in [2.75, 3.05) is 27.2 Å². The Bertz CT molecular complexity index is 314. The van der Waals surface area contributed by atoms with E-state index in [0.29, 0.717) is 6.04 Å². The van der Waals surface area contributed by atoms with Gasteiger partial charge in [-0.2, -0.15) is 0 Å². The van der Waals surface area contributed by atoms with Crippen molar-refractivity contribution in [3.8, 4) is 0 Å². The van der Waals surface area contributed by atoms with Gasteiger partial charge in [0.15, 0.2) is 0 Å². The van der Waals surface area contributed by atoms with E-state index in [0.717, 1.165) is 31.8 Å². The maximum absolute atomic E-state index is 12.1. The average molecular weight is 298 g/mol. The molecule has 1 aliphatic rings. The summed E-state index contributed by atoms with van der Waals surface area (Å²) in [6.07, 6.45) is 7.05. The number of nitrogens with one attached hydrogen (secondary N) is 1. The van der Waals surface area contributed by atoms with E-state index in [1.165, 1.54) is 32.8 Å². The zero-order valence-electron chi connectivity index (χ0n) is 14.6. The Morgan fingerprint density at radius 2 is 1.95 bits per heavy atom. The lowest BCUT2D eigenvalue weighted by Crippen LogP contribution is -2.52. The third kappa shape index (κ3) is 5.59. The van der Waals surface area contributed by atoms with Crippen molar-refractivity contribution >= 4 is 5.97 Å². The molecular formula is C17H34N2O2. The van der Waals surface area contributed by atoms with Crippen molar-refractivity contribution in [3.63, 3.8) is 0 Å². The van der Waals surface area contributed by atoms with Crippen molar-refractivity contribution < 1.29 is 9.53 Å². The van der Waals surface area contributed by atoms with Crippen molar-refractivity contribution in [1.82, 2.24) is 10.2 Å². The van der Waals surface area contributed by atoms with E-state index in [9.17, 15) is 4.79 Å². The molecular weight excluding hydrogens is 264 g/mol. The largest absolute Gasteiger partial charge is 0.468 e. The predicted octanol–water partition coefficient (Wildman–Crippen LogP) is 2.82. The summed E-state index contributed by atoms with van der Waals surface area (Å²) in [4.78, 5) is 14.5. The second-order valence-corrected chi connectivity index (χ2v) is 6.89. The van der Waals surface area contributed by atoms with Gasteiger partial charge >= 0.3 is 5.97 Å². The fourth-order valence-electron chi connectivity index (χ4n) is 3.15. The number of carbonyl (C=O) groups is 1. The minimum atomic E-state index is -0.568. The zero-order valence-corrected chi connectivity index (χ0v) is 14.6. The van der Waals surface area contributed by atoms with Crippen LogP contribution in [-0.4, -0.2) is 49.7 Å². The van der Waals surface area contributed by atoms with E-state index in [1.807, 2.05) is 6.92 Å². The first-order valence-electron chi connectivity index (χ1n) is 8.46. The fourth-order valence-corrected chi connectivity index (χ4v) is 3.15. The van der Waals surface area contributed by atoms with Gasteiger partial charge in [0.2, 0.25) is 0 Å². The third-order valence-corrected chi connectivity index (χ3v) is 4.97. The van der Waals surface area contributed by atoms with E-state index in [2.05, 4.69) is 31.1 Å². The van der Waals surface area contributed by atoms with E-state index < -0.39 is 5.54 Å². The number of methoxy groups -OCH3 is 1. The van der Waals surface area contributed by atoms with Gasteiger partial charge in [0.25, 0.3) is 0 Å². The Labute approximate surface area is 130 Å². The summed E-state index contributed by atoms with van der Waals surface area (Å²) < 4.78 is 4.98. The molecule has 0 saturated heterocycles. The molecule has 1 rings (SSSR count). The highest BCUT2D eigenvalue weighted by molar-refractivity contribution is 5.80. The molecule has 0 aromatic heterocycles. The Hall–Kier alpha value is -0.610. The SMILES string of the molecule is CCCNC(C)(CCN(C)C1CCC(C)CC1)C(=O)OC. The molecule has 0 aromatic carbocycles. The number of esters is 1. The van der Waals surface area contributed by atoms with Crippen LogP contribution >= 0.6 is 0 Å². The Morgan fingerprint density at radius 1 is 1.33 bits per heavy atom. The van der Waals surface area contributed by atoms with Crippen molar-refractivity contribution in [2.24, 2.45) is 5.92 Å². The standard InChI is InChI=1S/C17H34N2O2/c1-6-12-18-17(3,16(20)21-5)11-13-19(4)15-9-7-14(2)8-10-15/h14-15,18H,6-13H2,1-5H3. The first kappa shape index (κ1) is 18.4. The number of carbonyl (C=O) groups excluding carboxylic acids is 1. The lowest BCUT2D eigenvalue weighted by molar-refractivity contribution is -0.148. The second-order valence-electron chi connectivity index (χ2n) is 6.89. The van der Waals surface area contributed by atoms with Gasteiger partial charge in [0.1, 0.15) is 5.54 Å². The average Bonchev–Trinajstić information content (AvgIpc) is 2.50. The molecule has 1 fully saturated rings. The molecule has 0 spiro atoms. The van der Waals surface area contributed by atoms with E-state index in [1.54, 1.807) is 0 Å². The molecule has 0 heterocycles. The molecule has 1 atom stereocenters. The van der Waals surface area contributed by atoms with Crippen molar-refractivity contribution in [3.05, 3.63) is 0 Å². The molecule has 1 unspecified atom stereocenters. The number of hydrogen-bond donors (Lipinski definition) is 1. The maximum Gasteiger partial charge on any atom is 0.325 e. The van der Waals surface area contributed by atoms with Gasteiger partial charge in [0, 0.05) is 12.6 Å². The maximum atomic E-state index is 12.1. The third-order valence-electron chi connectivity index (χ3n) is 4.97. The molecule has 0 amide bonds. The van der Waals surface area contributed by atoms with Gasteiger partial charge in [-0.3, -0.25) is 4.79 Å². The summed E-state index contributed by atoms with van der Waals surface area (Å²) in [6, 6.07) is 0.675. The summed E-state index contributed by atoms with van der Waals surface area (Å²) in [5, 5.41) is 3.36. The number of hydrogen-bond acceptors (Lipinski definition) is 4. The van der Waals surface area contributed by atoms with Crippen LogP contribution in [0.25, 0.3) is 0 Å². The molecule has 0 radical (unpaired) electrons. The normalized spacial score (nSPS) is 25.6. The van der Waals surface area contributed by atoms with Crippen LogP contribution in [-0.2, 0) is 9.53 Å². The summed E-state index contributed by atoms with van der Waals surface area (Å²) >= 11 is 0. The number of ether oxygens (including phenoxy) is 1. The topological polar surface area (TPSA) is 41.6 Å². The first-order valence-corrected chi connectivity index (χ1v) is 8.46. The van der Waals surface area contributed by atoms with Gasteiger partial charge in [-0.25, -0.2) is 0 Å². The van der Waals surface area contributed by atoms with Crippen molar-refractivity contribution in [1.29, 1.82) is 0 Å². The number of nitrogens with zero attached hydrogens (tertiary/aromatic N) is 1. The second kappa shape index (κ2) is 8.74. The highest BCUT2D eigenvalue weighted by Crippen LogP contribution is 2.27. The molecule has 1 N–H and O–H groups in total. The molecule has 0 bridgehead atoms. The van der Waals surface area contributed by atoms with Gasteiger partial charge in [-0.05, 0) is 65.0 Å². The van der Waals surface area contributed by atoms with Crippen molar-refractivity contribution in [2.45, 2.75) is 70.9 Å². The van der Waals surface area contributed by atoms with E-state index in [4.69, 9.17) is 4.74 Å². The van der Waals surface area contributed by atoms with Crippen LogP contribution in [0, 0.1) is 5.92 Å². The fraction of sp³-hybridized carbons (Fsp3) is 0.941. The molecule has 21 heavy (non-hydrogen) atoms. The summed E-state index contributed by atoms with van der Waals surface area (Å²) in [7, 11) is 3.67. The molecule has 1 saturated carbocycles. The Kier molecular flexibility index (Phi) is 7.67. The Morgan fingerprint density at radius 3 is 2.48 bits per heavy atom. The highest BCUT2D eigenvalue weighted by Gasteiger charge is 2.34. The zero-order chi connectivity index (χ0) is 15.9. The minimum Gasteiger partial charge on any atom is -0.468 e. The van der Waals surface area contributed by atoms with Crippen LogP contribution in [0.3, 0.4) is 0 Å². The van der Waals surface area contributed by atoms with Gasteiger partial charge in [0.05, 0.1) is 7.11 Å². The van der Waals surface area contributed by atoms with Gasteiger partial charge in [-0.1, -0.05) is 13.8 Å². The van der Waals surface area contributed by atoms with Crippen LogP contribution in [0.4, 0.5) is 0 Å². The van der Waals surface area contributed by atoms with Crippen LogP contribution in [0.15, 0.2) is 0 Å². The molecule has 4 nitrogen and oxygen atoms in total.